The average Bonchev–Trinajstić information content (AvgIpc) is 2.13. The van der Waals surface area contributed by atoms with Gasteiger partial charge in [0.15, 0.2) is 0 Å². The number of hydrogen-bond donors (Lipinski definition) is 0. The van der Waals surface area contributed by atoms with Gasteiger partial charge in [-0.05, 0) is 0 Å². The van der Waals surface area contributed by atoms with Crippen molar-refractivity contribution in [2.75, 3.05) is 0 Å². The Bertz CT molecular complexity index is 382. The van der Waals surface area contributed by atoms with Crippen molar-refractivity contribution in [1.29, 1.82) is 0 Å². The molecule has 0 amide bonds. The van der Waals surface area contributed by atoms with Crippen LogP contribution in [0.15, 0.2) is 12.1 Å². The molecule has 0 spiro atoms. The van der Waals surface area contributed by atoms with E-state index in [0.29, 0.717) is 0 Å². The zero-order chi connectivity index (χ0) is 13.4. The molecule has 0 aliphatic carbocycles. The van der Waals surface area contributed by atoms with Gasteiger partial charge in [-0.25, -0.2) is 0 Å². The minimum absolute atomic E-state index is 0. The van der Waals surface area contributed by atoms with E-state index in [1.165, 1.54) is 16.7 Å². The standard InChI is InChI=1S/C15H24O.2ClH.W/c1-10-8-11(14(2,3)4)13(16)12(9-10)15(5,6)7;;;/h8-9,16H,1-7H3;2*1H;/q;;;+1/p-1. The van der Waals surface area contributed by atoms with Gasteiger partial charge >= 0.3 is 117 Å². The van der Waals surface area contributed by atoms with Gasteiger partial charge in [-0.1, -0.05) is 0 Å². The topological polar surface area (TPSA) is 9.23 Å². The molecule has 1 nitrogen and oxygen atoms in total. The van der Waals surface area contributed by atoms with Crippen LogP contribution in [0.3, 0.4) is 0 Å². The first kappa shape index (κ1) is 21.6. The molecule has 0 unspecified atom stereocenters. The van der Waals surface area contributed by atoms with E-state index in [4.69, 9.17) is 3.39 Å². The minimum Gasteiger partial charge on any atom is -0.147 e. The Morgan fingerprint density at radius 1 is 0.842 bits per heavy atom. The summed E-state index contributed by atoms with van der Waals surface area (Å²) >= 11 is 1.15. The Labute approximate surface area is 142 Å². The van der Waals surface area contributed by atoms with Gasteiger partial charge in [-0.3, -0.25) is 0 Å². The smallest absolute Gasteiger partial charge is 0.147 e. The molecule has 1 aromatic rings. The fourth-order valence-corrected chi connectivity index (χ4v) is 2.62. The summed E-state index contributed by atoms with van der Waals surface area (Å²) in [6, 6.07) is 4.51. The molecule has 19 heavy (non-hydrogen) atoms. The van der Waals surface area contributed by atoms with Gasteiger partial charge in [-0.2, -0.15) is 0 Å². The van der Waals surface area contributed by atoms with Crippen LogP contribution in [-0.2, 0) is 31.0 Å². The van der Waals surface area contributed by atoms with Crippen LogP contribution in [0, 0.1) is 6.92 Å². The van der Waals surface area contributed by atoms with Crippen LogP contribution in [0.5, 0.6) is 5.75 Å². The van der Waals surface area contributed by atoms with E-state index in [0.717, 1.165) is 25.9 Å². The quantitative estimate of drug-likeness (QED) is 0.537. The van der Waals surface area contributed by atoms with E-state index in [-0.39, 0.29) is 35.6 Å². The van der Waals surface area contributed by atoms with E-state index in [2.05, 4.69) is 60.6 Å². The predicted octanol–water partition coefficient (Wildman–Crippen LogP) is 5.27. The van der Waals surface area contributed by atoms with E-state index >= 15 is 0 Å². The molecule has 0 aliphatic rings. The summed E-state index contributed by atoms with van der Waals surface area (Å²) in [5, 5.41) is 0. The second kappa shape index (κ2) is 7.34. The van der Waals surface area contributed by atoms with Crippen molar-refractivity contribution in [1.82, 2.24) is 0 Å². The maximum Gasteiger partial charge on any atom is -0.147 e. The zero-order valence-electron chi connectivity index (χ0n) is 12.8. The van der Waals surface area contributed by atoms with Gasteiger partial charge in [0.05, 0.1) is 0 Å². The molecular weight excluding hydrogens is 451 g/mol. The van der Waals surface area contributed by atoms with Gasteiger partial charge in [0, 0.05) is 0 Å². The van der Waals surface area contributed by atoms with E-state index in [1.807, 2.05) is 0 Å². The van der Waals surface area contributed by atoms with Crippen molar-refractivity contribution in [3.63, 3.8) is 0 Å². The van der Waals surface area contributed by atoms with Crippen LogP contribution in [0.4, 0.5) is 0 Å². The number of hydrogen-bond acceptors (Lipinski definition) is 1. The molecule has 0 aliphatic heterocycles. The Kier molecular flexibility index (Phi) is 8.34. The second-order valence-corrected chi connectivity index (χ2v) is 7.37. The van der Waals surface area contributed by atoms with E-state index in [1.54, 1.807) is 0 Å². The summed E-state index contributed by atoms with van der Waals surface area (Å²) in [6.07, 6.45) is 0. The number of aryl methyl sites for hydroxylation is 1. The normalized spacial score (nSPS) is 11.3. The number of halogens is 2. The SMILES string of the molecule is Cc1cc(C(C)(C)C)c([O][W])c(C(C)(C)C)c1.Cl.Cl. The first-order valence-corrected chi connectivity index (χ1v) is 7.22. The molecule has 0 radical (unpaired) electrons. The second-order valence-electron chi connectivity index (χ2n) is 6.77. The fourth-order valence-electron chi connectivity index (χ4n) is 1.98. The minimum atomic E-state index is 0. The first-order valence-electron chi connectivity index (χ1n) is 6.03. The number of benzene rings is 1. The Morgan fingerprint density at radius 3 is 1.37 bits per heavy atom. The molecule has 0 atom stereocenters. The van der Waals surface area contributed by atoms with Gasteiger partial charge in [0.2, 0.25) is 0 Å². The summed E-state index contributed by atoms with van der Waals surface area (Å²) in [7, 11) is 0. The third-order valence-electron chi connectivity index (χ3n) is 2.93. The van der Waals surface area contributed by atoms with Crippen LogP contribution in [0.1, 0.15) is 58.2 Å². The van der Waals surface area contributed by atoms with Crippen molar-refractivity contribution in [3.05, 3.63) is 28.8 Å². The summed E-state index contributed by atoms with van der Waals surface area (Å²) < 4.78 is 5.77. The van der Waals surface area contributed by atoms with Crippen molar-refractivity contribution < 1.29 is 23.6 Å². The maximum absolute atomic E-state index is 5.77. The van der Waals surface area contributed by atoms with Crippen LogP contribution >= 0.6 is 24.8 Å². The summed E-state index contributed by atoms with van der Waals surface area (Å²) in [6.45, 7) is 15.6. The summed E-state index contributed by atoms with van der Waals surface area (Å²) in [5.41, 5.74) is 4.19. The van der Waals surface area contributed by atoms with Gasteiger partial charge < -0.3 is 0 Å². The van der Waals surface area contributed by atoms with Crippen molar-refractivity contribution >= 4 is 24.8 Å². The summed E-state index contributed by atoms with van der Waals surface area (Å²) in [4.78, 5) is 0. The van der Waals surface area contributed by atoms with Gasteiger partial charge in [0.25, 0.3) is 0 Å². The molecule has 1 rings (SSSR count). The third kappa shape index (κ3) is 5.29. The Morgan fingerprint density at radius 2 is 1.16 bits per heavy atom. The molecule has 0 bridgehead atoms. The van der Waals surface area contributed by atoms with Gasteiger partial charge in [-0.15, -0.1) is 24.8 Å². The van der Waals surface area contributed by atoms with Crippen LogP contribution in [-0.4, -0.2) is 0 Å². The van der Waals surface area contributed by atoms with Crippen LogP contribution < -0.4 is 3.39 Å². The van der Waals surface area contributed by atoms with E-state index in [9.17, 15) is 0 Å². The molecule has 0 fully saturated rings. The molecule has 0 aromatic heterocycles. The molecule has 1 aromatic carbocycles. The molecule has 0 saturated heterocycles. The largest absolute Gasteiger partial charge is 0.147 e. The summed E-state index contributed by atoms with van der Waals surface area (Å²) in [5.74, 6) is 1.09. The molecule has 4 heteroatoms. The average molecular weight is 476 g/mol. The molecular formula is C15H25Cl2OW. The molecule has 0 heterocycles. The Hall–Kier alpha value is 0.288. The monoisotopic (exact) mass is 475 g/mol. The first-order chi connectivity index (χ1) is 7.57. The predicted molar refractivity (Wildman–Crippen MR) is 83.7 cm³/mol. The molecule has 0 saturated carbocycles. The maximum atomic E-state index is 5.77. The van der Waals surface area contributed by atoms with Crippen molar-refractivity contribution in [2.24, 2.45) is 0 Å². The third-order valence-corrected chi connectivity index (χ3v) is 3.53. The number of rotatable bonds is 1. The van der Waals surface area contributed by atoms with E-state index < -0.39 is 0 Å². The zero-order valence-corrected chi connectivity index (χ0v) is 17.4. The molecule has 111 valence electrons. The fraction of sp³-hybridized carbons (Fsp3) is 0.600. The van der Waals surface area contributed by atoms with Crippen molar-refractivity contribution in [2.45, 2.75) is 59.3 Å². The van der Waals surface area contributed by atoms with Gasteiger partial charge in [0.1, 0.15) is 0 Å². The Balaban J connectivity index is 0. The van der Waals surface area contributed by atoms with Crippen molar-refractivity contribution in [3.8, 4) is 5.75 Å². The van der Waals surface area contributed by atoms with Crippen LogP contribution in [0.2, 0.25) is 0 Å². The van der Waals surface area contributed by atoms with Crippen LogP contribution in [0.25, 0.3) is 0 Å². The molecule has 0 N–H and O–H groups in total.